The van der Waals surface area contributed by atoms with E-state index >= 15 is 0 Å². The molecule has 1 aromatic carbocycles. The molecule has 0 spiro atoms. The fourth-order valence-corrected chi connectivity index (χ4v) is 1.53. The van der Waals surface area contributed by atoms with Crippen molar-refractivity contribution in [3.8, 4) is 5.75 Å². The first kappa shape index (κ1) is 12.7. The molecular formula is C13H19NO2. The molecule has 0 aliphatic heterocycles. The Morgan fingerprint density at radius 3 is 2.25 bits per heavy atom. The normalized spacial score (nSPS) is 13.5. The lowest BCUT2D eigenvalue weighted by atomic mass is 9.85. The number of Topliss-reactive ketones (excluding diaryl/α,β-unsaturated/α-hetero) is 1. The lowest BCUT2D eigenvalue weighted by Crippen LogP contribution is -2.40. The Bertz CT molecular complexity index is 363. The average Bonchev–Trinajstić information content (AvgIpc) is 2.19. The third-order valence-corrected chi connectivity index (χ3v) is 2.47. The zero-order chi connectivity index (χ0) is 12.3. The van der Waals surface area contributed by atoms with E-state index < -0.39 is 11.5 Å². The zero-order valence-electron chi connectivity index (χ0n) is 10.0. The Balaban J connectivity index is 2.68. The van der Waals surface area contributed by atoms with E-state index in [1.807, 2.05) is 20.8 Å². The summed E-state index contributed by atoms with van der Waals surface area (Å²) in [7, 11) is 0. The van der Waals surface area contributed by atoms with Gasteiger partial charge < -0.3 is 10.8 Å². The van der Waals surface area contributed by atoms with Crippen LogP contribution < -0.4 is 5.73 Å². The predicted molar refractivity (Wildman–Crippen MR) is 64.2 cm³/mol. The second kappa shape index (κ2) is 4.66. The number of nitrogens with two attached hydrogens (primary N) is 1. The highest BCUT2D eigenvalue weighted by Gasteiger charge is 2.26. The average molecular weight is 221 g/mol. The summed E-state index contributed by atoms with van der Waals surface area (Å²) in [6.07, 6.45) is 0.510. The summed E-state index contributed by atoms with van der Waals surface area (Å²) in [5.74, 6) is 0.278. The molecule has 88 valence electrons. The second-order valence-corrected chi connectivity index (χ2v) is 5.09. The maximum atomic E-state index is 11.9. The number of phenolic OH excluding ortho intramolecular Hbond substituents is 1. The van der Waals surface area contributed by atoms with Gasteiger partial charge in [0.15, 0.2) is 5.78 Å². The monoisotopic (exact) mass is 221 g/mol. The van der Waals surface area contributed by atoms with Gasteiger partial charge in [-0.15, -0.1) is 0 Å². The number of benzene rings is 1. The molecule has 3 nitrogen and oxygen atoms in total. The molecule has 1 rings (SSSR count). The minimum absolute atomic E-state index is 0.0561. The molecule has 0 saturated heterocycles. The Morgan fingerprint density at radius 1 is 1.31 bits per heavy atom. The van der Waals surface area contributed by atoms with E-state index in [-0.39, 0.29) is 11.5 Å². The Kier molecular flexibility index (Phi) is 3.70. The molecule has 0 amide bonds. The fraction of sp³-hybridized carbons (Fsp3) is 0.462. The summed E-state index contributed by atoms with van der Waals surface area (Å²) >= 11 is 0. The Labute approximate surface area is 96.3 Å². The summed E-state index contributed by atoms with van der Waals surface area (Å²) in [4.78, 5) is 11.9. The maximum Gasteiger partial charge on any atom is 0.155 e. The molecule has 0 aromatic heterocycles. The standard InChI is InChI=1S/C13H19NO2/c1-13(2,3)12(16)11(14)8-9-4-6-10(15)7-5-9/h4-7,11,15H,8,14H2,1-3H3/t11-/m0/s1. The van der Waals surface area contributed by atoms with Crippen molar-refractivity contribution in [2.45, 2.75) is 33.2 Å². The molecule has 0 radical (unpaired) electrons. The van der Waals surface area contributed by atoms with Crippen LogP contribution in [0.2, 0.25) is 0 Å². The van der Waals surface area contributed by atoms with E-state index in [0.29, 0.717) is 6.42 Å². The molecule has 16 heavy (non-hydrogen) atoms. The largest absolute Gasteiger partial charge is 0.508 e. The summed E-state index contributed by atoms with van der Waals surface area (Å²) in [6, 6.07) is 6.29. The lowest BCUT2D eigenvalue weighted by Gasteiger charge is -2.21. The topological polar surface area (TPSA) is 63.3 Å². The SMILES string of the molecule is CC(C)(C)C(=O)[C@@H](N)Cc1ccc(O)cc1. The Morgan fingerprint density at radius 2 is 1.81 bits per heavy atom. The van der Waals surface area contributed by atoms with Crippen LogP contribution in [-0.2, 0) is 11.2 Å². The quantitative estimate of drug-likeness (QED) is 0.819. The predicted octanol–water partition coefficient (Wildman–Crippen LogP) is 1.88. The minimum atomic E-state index is -0.482. The molecule has 0 heterocycles. The van der Waals surface area contributed by atoms with E-state index in [9.17, 15) is 4.79 Å². The number of ketones is 1. The van der Waals surface area contributed by atoms with Crippen molar-refractivity contribution < 1.29 is 9.90 Å². The number of aromatic hydroxyl groups is 1. The summed E-state index contributed by atoms with van der Waals surface area (Å²) < 4.78 is 0. The van der Waals surface area contributed by atoms with E-state index in [1.54, 1.807) is 24.3 Å². The van der Waals surface area contributed by atoms with Gasteiger partial charge in [-0.25, -0.2) is 0 Å². The third kappa shape index (κ3) is 3.35. The van der Waals surface area contributed by atoms with Crippen LogP contribution in [0.15, 0.2) is 24.3 Å². The first-order valence-electron chi connectivity index (χ1n) is 5.38. The van der Waals surface area contributed by atoms with Gasteiger partial charge >= 0.3 is 0 Å². The fourth-order valence-electron chi connectivity index (χ4n) is 1.53. The number of rotatable bonds is 3. The first-order chi connectivity index (χ1) is 7.30. The zero-order valence-corrected chi connectivity index (χ0v) is 10.0. The van der Waals surface area contributed by atoms with E-state index in [0.717, 1.165) is 5.56 Å². The smallest absolute Gasteiger partial charge is 0.155 e. The molecule has 0 bridgehead atoms. The third-order valence-electron chi connectivity index (χ3n) is 2.47. The number of carbonyl (C=O) groups is 1. The lowest BCUT2D eigenvalue weighted by molar-refractivity contribution is -0.127. The molecule has 3 N–H and O–H groups in total. The Hall–Kier alpha value is -1.35. The van der Waals surface area contributed by atoms with Gasteiger partial charge in [0.1, 0.15) is 5.75 Å². The number of hydrogen-bond donors (Lipinski definition) is 2. The van der Waals surface area contributed by atoms with Gasteiger partial charge in [0.25, 0.3) is 0 Å². The van der Waals surface area contributed by atoms with Gasteiger partial charge in [0.2, 0.25) is 0 Å². The van der Waals surface area contributed by atoms with Crippen LogP contribution in [0.1, 0.15) is 26.3 Å². The molecule has 1 aromatic rings. The van der Waals surface area contributed by atoms with Gasteiger partial charge in [-0.2, -0.15) is 0 Å². The van der Waals surface area contributed by atoms with Gasteiger partial charge in [0, 0.05) is 5.41 Å². The van der Waals surface area contributed by atoms with E-state index in [2.05, 4.69) is 0 Å². The van der Waals surface area contributed by atoms with Crippen molar-refractivity contribution in [1.29, 1.82) is 0 Å². The number of carbonyl (C=O) groups excluding carboxylic acids is 1. The van der Waals surface area contributed by atoms with Crippen molar-refractivity contribution >= 4 is 5.78 Å². The highest BCUT2D eigenvalue weighted by atomic mass is 16.3. The van der Waals surface area contributed by atoms with Gasteiger partial charge in [-0.3, -0.25) is 4.79 Å². The molecule has 0 saturated carbocycles. The van der Waals surface area contributed by atoms with Crippen LogP contribution in [0.4, 0.5) is 0 Å². The molecule has 0 aliphatic rings. The summed E-state index contributed by atoms with van der Waals surface area (Å²) in [5, 5.41) is 9.13. The highest BCUT2D eigenvalue weighted by Crippen LogP contribution is 2.18. The van der Waals surface area contributed by atoms with Gasteiger partial charge in [0.05, 0.1) is 6.04 Å². The van der Waals surface area contributed by atoms with Crippen LogP contribution in [0.5, 0.6) is 5.75 Å². The van der Waals surface area contributed by atoms with E-state index in [4.69, 9.17) is 10.8 Å². The van der Waals surface area contributed by atoms with Crippen LogP contribution in [-0.4, -0.2) is 16.9 Å². The molecule has 1 atom stereocenters. The summed E-state index contributed by atoms with van der Waals surface area (Å²) in [6.45, 7) is 5.60. The first-order valence-corrected chi connectivity index (χ1v) is 5.38. The molecular weight excluding hydrogens is 202 g/mol. The van der Waals surface area contributed by atoms with Crippen molar-refractivity contribution in [3.05, 3.63) is 29.8 Å². The molecule has 0 fully saturated rings. The van der Waals surface area contributed by atoms with Crippen LogP contribution in [0.25, 0.3) is 0 Å². The van der Waals surface area contributed by atoms with Crippen LogP contribution in [0.3, 0.4) is 0 Å². The van der Waals surface area contributed by atoms with E-state index in [1.165, 1.54) is 0 Å². The van der Waals surface area contributed by atoms with Crippen molar-refractivity contribution in [2.24, 2.45) is 11.1 Å². The van der Waals surface area contributed by atoms with Crippen LogP contribution >= 0.6 is 0 Å². The van der Waals surface area contributed by atoms with Gasteiger partial charge in [-0.1, -0.05) is 32.9 Å². The van der Waals surface area contributed by atoms with Crippen LogP contribution in [0, 0.1) is 5.41 Å². The highest BCUT2D eigenvalue weighted by molar-refractivity contribution is 5.88. The van der Waals surface area contributed by atoms with Crippen molar-refractivity contribution in [1.82, 2.24) is 0 Å². The summed E-state index contributed by atoms with van der Waals surface area (Å²) in [5.41, 5.74) is 6.42. The molecule has 3 heteroatoms. The second-order valence-electron chi connectivity index (χ2n) is 5.09. The maximum absolute atomic E-state index is 11.9. The van der Waals surface area contributed by atoms with Crippen molar-refractivity contribution in [3.63, 3.8) is 0 Å². The number of phenols is 1. The number of hydrogen-bond acceptors (Lipinski definition) is 3. The van der Waals surface area contributed by atoms with Crippen molar-refractivity contribution in [2.75, 3.05) is 0 Å². The molecule has 0 unspecified atom stereocenters. The molecule has 0 aliphatic carbocycles. The minimum Gasteiger partial charge on any atom is -0.508 e. The van der Waals surface area contributed by atoms with Gasteiger partial charge in [-0.05, 0) is 24.1 Å².